The largest absolute Gasteiger partial charge is 0.373 e. The van der Waals surface area contributed by atoms with Gasteiger partial charge in [-0.15, -0.1) is 0 Å². The zero-order valence-corrected chi connectivity index (χ0v) is 13.2. The molecular formula is C15H21ClN4O. The molecule has 2 aliphatic heterocycles. The molecule has 2 atom stereocenters. The van der Waals surface area contributed by atoms with E-state index in [1.54, 1.807) is 19.2 Å². The molecule has 6 heteroatoms. The number of anilines is 1. The molecule has 0 spiro atoms. The van der Waals surface area contributed by atoms with Crippen molar-refractivity contribution >= 4 is 23.3 Å². The van der Waals surface area contributed by atoms with E-state index in [1.165, 1.54) is 12.8 Å². The van der Waals surface area contributed by atoms with Gasteiger partial charge in [-0.1, -0.05) is 11.6 Å². The topological polar surface area (TPSA) is 48.5 Å². The number of fused-ring (bicyclic) bond motifs is 1. The van der Waals surface area contributed by atoms with Crippen molar-refractivity contribution < 1.29 is 4.79 Å². The van der Waals surface area contributed by atoms with E-state index in [1.807, 2.05) is 4.90 Å². The average Bonchev–Trinajstić information content (AvgIpc) is 2.93. The number of amides is 1. The lowest BCUT2D eigenvalue weighted by molar-refractivity contribution is 0.0390. The van der Waals surface area contributed by atoms with Gasteiger partial charge in [0.1, 0.15) is 11.5 Å². The summed E-state index contributed by atoms with van der Waals surface area (Å²) in [6.07, 6.45) is 2.40. The van der Waals surface area contributed by atoms with E-state index >= 15 is 0 Å². The highest BCUT2D eigenvalue weighted by Gasteiger charge is 2.37. The van der Waals surface area contributed by atoms with Gasteiger partial charge in [-0.05, 0) is 38.4 Å². The zero-order valence-electron chi connectivity index (χ0n) is 12.5. The number of carbonyl (C=O) groups excluding carboxylic acids is 1. The highest BCUT2D eigenvalue weighted by Crippen LogP contribution is 2.27. The molecule has 2 saturated heterocycles. The Kier molecular flexibility index (Phi) is 4.04. The number of pyridine rings is 1. The van der Waals surface area contributed by atoms with Crippen molar-refractivity contribution in [1.29, 1.82) is 0 Å². The van der Waals surface area contributed by atoms with Gasteiger partial charge in [0.25, 0.3) is 5.91 Å². The fourth-order valence-corrected chi connectivity index (χ4v) is 3.52. The highest BCUT2D eigenvalue weighted by atomic mass is 35.5. The Labute approximate surface area is 130 Å². The first-order valence-electron chi connectivity index (χ1n) is 7.49. The molecule has 2 fully saturated rings. The first-order chi connectivity index (χ1) is 10.1. The highest BCUT2D eigenvalue weighted by molar-refractivity contribution is 6.33. The van der Waals surface area contributed by atoms with Crippen LogP contribution in [0, 0.1) is 0 Å². The standard InChI is InChI=1S/C15H21ClN4O/c1-10-8-19-7-3-4-11(19)9-20(10)15(21)14-12(16)5-6-13(17-2)18-14/h5-6,10-11H,3-4,7-9H2,1-2H3,(H,17,18). The average molecular weight is 309 g/mol. The predicted molar refractivity (Wildman–Crippen MR) is 83.9 cm³/mol. The van der Waals surface area contributed by atoms with Crippen LogP contribution in [0.15, 0.2) is 12.1 Å². The molecule has 5 nitrogen and oxygen atoms in total. The quantitative estimate of drug-likeness (QED) is 0.909. The molecule has 1 amide bonds. The molecule has 2 aliphatic rings. The lowest BCUT2D eigenvalue weighted by Gasteiger charge is -2.42. The smallest absolute Gasteiger partial charge is 0.274 e. The normalized spacial score (nSPS) is 25.8. The summed E-state index contributed by atoms with van der Waals surface area (Å²) in [5, 5.41) is 3.37. The summed E-state index contributed by atoms with van der Waals surface area (Å²) < 4.78 is 0. The maximum absolute atomic E-state index is 12.8. The minimum absolute atomic E-state index is 0.0591. The van der Waals surface area contributed by atoms with E-state index in [0.29, 0.717) is 22.6 Å². The van der Waals surface area contributed by atoms with Gasteiger partial charge in [-0.2, -0.15) is 0 Å². The predicted octanol–water partition coefficient (Wildman–Crippen LogP) is 2.09. The van der Waals surface area contributed by atoms with Gasteiger partial charge in [0, 0.05) is 32.2 Å². The number of rotatable bonds is 2. The molecule has 1 N–H and O–H groups in total. The number of nitrogens with one attached hydrogen (secondary N) is 1. The van der Waals surface area contributed by atoms with Crippen molar-refractivity contribution in [3.05, 3.63) is 22.8 Å². The van der Waals surface area contributed by atoms with Crippen LogP contribution in [-0.2, 0) is 0 Å². The minimum Gasteiger partial charge on any atom is -0.373 e. The van der Waals surface area contributed by atoms with Gasteiger partial charge >= 0.3 is 0 Å². The number of halogens is 1. The Hall–Kier alpha value is -1.33. The first-order valence-corrected chi connectivity index (χ1v) is 7.87. The summed E-state index contributed by atoms with van der Waals surface area (Å²) in [6, 6.07) is 4.20. The molecule has 114 valence electrons. The molecule has 0 radical (unpaired) electrons. The summed E-state index contributed by atoms with van der Waals surface area (Å²) in [4.78, 5) is 21.6. The van der Waals surface area contributed by atoms with E-state index in [9.17, 15) is 4.79 Å². The van der Waals surface area contributed by atoms with Crippen molar-refractivity contribution in [2.45, 2.75) is 31.8 Å². The number of hydrogen-bond acceptors (Lipinski definition) is 4. The van der Waals surface area contributed by atoms with Gasteiger partial charge in [0.2, 0.25) is 0 Å². The second-order valence-corrected chi connectivity index (χ2v) is 6.28. The molecule has 3 rings (SSSR count). The number of nitrogens with zero attached hydrogens (tertiary/aromatic N) is 3. The maximum atomic E-state index is 12.8. The third-order valence-corrected chi connectivity index (χ3v) is 4.81. The summed E-state index contributed by atoms with van der Waals surface area (Å²) in [5.74, 6) is 0.603. The van der Waals surface area contributed by atoms with E-state index in [4.69, 9.17) is 11.6 Å². The summed E-state index contributed by atoms with van der Waals surface area (Å²) in [5.41, 5.74) is 0.349. The third kappa shape index (κ3) is 2.72. The zero-order chi connectivity index (χ0) is 15.0. The Morgan fingerprint density at radius 2 is 2.24 bits per heavy atom. The van der Waals surface area contributed by atoms with E-state index < -0.39 is 0 Å². The Morgan fingerprint density at radius 1 is 1.43 bits per heavy atom. The lowest BCUT2D eigenvalue weighted by Crippen LogP contribution is -2.56. The van der Waals surface area contributed by atoms with Crippen molar-refractivity contribution in [2.24, 2.45) is 0 Å². The number of carbonyl (C=O) groups is 1. The second-order valence-electron chi connectivity index (χ2n) is 5.87. The lowest BCUT2D eigenvalue weighted by atomic mass is 10.1. The molecule has 0 aromatic carbocycles. The van der Waals surface area contributed by atoms with Crippen LogP contribution >= 0.6 is 11.6 Å². The Bertz CT molecular complexity index is 550. The summed E-state index contributed by atoms with van der Waals surface area (Å²) >= 11 is 6.18. The number of hydrogen-bond donors (Lipinski definition) is 1. The van der Waals surface area contributed by atoms with Gasteiger partial charge in [-0.25, -0.2) is 4.98 Å². The van der Waals surface area contributed by atoms with E-state index in [0.717, 1.165) is 19.6 Å². The maximum Gasteiger partial charge on any atom is 0.274 e. The fourth-order valence-electron chi connectivity index (χ4n) is 3.34. The molecule has 0 saturated carbocycles. The van der Waals surface area contributed by atoms with Crippen molar-refractivity contribution in [2.75, 3.05) is 32.0 Å². The van der Waals surface area contributed by atoms with Crippen LogP contribution in [-0.4, -0.2) is 59.5 Å². The van der Waals surface area contributed by atoms with Crippen LogP contribution in [0.3, 0.4) is 0 Å². The van der Waals surface area contributed by atoms with E-state index in [2.05, 4.69) is 22.1 Å². The van der Waals surface area contributed by atoms with Crippen LogP contribution in [0.1, 0.15) is 30.3 Å². The van der Waals surface area contributed by atoms with Crippen molar-refractivity contribution in [1.82, 2.24) is 14.8 Å². The van der Waals surface area contributed by atoms with Crippen molar-refractivity contribution in [3.8, 4) is 0 Å². The van der Waals surface area contributed by atoms with Gasteiger partial charge in [0.15, 0.2) is 0 Å². The molecule has 1 aromatic heterocycles. The van der Waals surface area contributed by atoms with Crippen LogP contribution in [0.5, 0.6) is 0 Å². The third-order valence-electron chi connectivity index (χ3n) is 4.50. The van der Waals surface area contributed by atoms with Gasteiger partial charge in [-0.3, -0.25) is 9.69 Å². The summed E-state index contributed by atoms with van der Waals surface area (Å²) in [7, 11) is 1.78. The van der Waals surface area contributed by atoms with Crippen LogP contribution in [0.4, 0.5) is 5.82 Å². The molecular weight excluding hydrogens is 288 g/mol. The number of aromatic nitrogens is 1. The summed E-state index contributed by atoms with van der Waals surface area (Å²) in [6.45, 7) is 4.98. The monoisotopic (exact) mass is 308 g/mol. The second kappa shape index (κ2) is 5.81. The van der Waals surface area contributed by atoms with Gasteiger partial charge < -0.3 is 10.2 Å². The number of piperazine rings is 1. The van der Waals surface area contributed by atoms with Crippen molar-refractivity contribution in [3.63, 3.8) is 0 Å². The molecule has 2 unspecified atom stereocenters. The SMILES string of the molecule is CNc1ccc(Cl)c(C(=O)N2CC3CCCN3CC2C)n1. The molecule has 0 bridgehead atoms. The van der Waals surface area contributed by atoms with Gasteiger partial charge in [0.05, 0.1) is 5.02 Å². The fraction of sp³-hybridized carbons (Fsp3) is 0.600. The molecule has 1 aromatic rings. The Morgan fingerprint density at radius 3 is 3.00 bits per heavy atom. The Balaban J connectivity index is 1.84. The van der Waals surface area contributed by atoms with Crippen LogP contribution in [0.2, 0.25) is 5.02 Å². The van der Waals surface area contributed by atoms with E-state index in [-0.39, 0.29) is 11.9 Å². The first kappa shape index (κ1) is 14.6. The van der Waals surface area contributed by atoms with Crippen LogP contribution in [0.25, 0.3) is 0 Å². The van der Waals surface area contributed by atoms with Crippen LogP contribution < -0.4 is 5.32 Å². The molecule has 21 heavy (non-hydrogen) atoms. The molecule has 0 aliphatic carbocycles. The molecule has 3 heterocycles. The minimum atomic E-state index is -0.0591.